The van der Waals surface area contributed by atoms with Gasteiger partial charge in [-0.1, -0.05) is 90.5 Å². The lowest BCUT2D eigenvalue weighted by Crippen LogP contribution is -2.37. The van der Waals surface area contributed by atoms with Crippen LogP contribution >= 0.6 is 11.6 Å². The van der Waals surface area contributed by atoms with Crippen LogP contribution in [-0.4, -0.2) is 19.5 Å². The molecule has 3 aromatic carbocycles. The lowest BCUT2D eigenvalue weighted by Gasteiger charge is -2.37. The van der Waals surface area contributed by atoms with Gasteiger partial charge in [-0.2, -0.15) is 0 Å². The lowest BCUT2D eigenvalue weighted by atomic mass is 9.76. The normalized spacial score (nSPS) is 10.8. The standard InChI is InChI=1S/C22H17ClN2.C3H4N2/c23-21-14-8-7-13-20(21)22(25-16-15-24-17-25,18-9-3-1-4-10-18)19-11-5-2-6-12-19;1-2-5-3-4-1/h1-17H;1-3H,(H,4,5). The highest BCUT2D eigenvalue weighted by atomic mass is 35.5. The minimum Gasteiger partial charge on any atom is -0.351 e. The van der Waals surface area contributed by atoms with E-state index in [-0.39, 0.29) is 0 Å². The van der Waals surface area contributed by atoms with Crippen LogP contribution in [0.25, 0.3) is 0 Å². The Morgan fingerprint density at radius 1 is 0.733 bits per heavy atom. The molecule has 2 aromatic heterocycles. The first-order valence-electron chi connectivity index (χ1n) is 9.60. The van der Waals surface area contributed by atoms with Crippen molar-refractivity contribution in [1.82, 2.24) is 19.5 Å². The molecule has 0 bridgehead atoms. The molecule has 0 radical (unpaired) electrons. The van der Waals surface area contributed by atoms with Crippen LogP contribution < -0.4 is 0 Å². The van der Waals surface area contributed by atoms with Crippen molar-refractivity contribution in [2.24, 2.45) is 0 Å². The largest absolute Gasteiger partial charge is 0.351 e. The van der Waals surface area contributed by atoms with Gasteiger partial charge in [-0.3, -0.25) is 0 Å². The lowest BCUT2D eigenvalue weighted by molar-refractivity contribution is 0.515. The van der Waals surface area contributed by atoms with Crippen LogP contribution in [0.4, 0.5) is 0 Å². The van der Waals surface area contributed by atoms with Gasteiger partial charge in [0.05, 0.1) is 12.7 Å². The van der Waals surface area contributed by atoms with Crippen molar-refractivity contribution in [2.75, 3.05) is 0 Å². The molecule has 2 heterocycles. The van der Waals surface area contributed by atoms with Crippen LogP contribution in [0.1, 0.15) is 16.7 Å². The minimum atomic E-state index is -0.586. The number of aromatic amines is 1. The SMILES string of the molecule is Clc1ccccc1C(c1ccccc1)(c1ccccc1)n1ccnc1.c1c[nH]cn1. The van der Waals surface area contributed by atoms with Gasteiger partial charge in [0.15, 0.2) is 0 Å². The molecule has 0 saturated carbocycles. The average molecular weight is 413 g/mol. The third-order valence-corrected chi connectivity index (χ3v) is 5.27. The van der Waals surface area contributed by atoms with Crippen molar-refractivity contribution in [3.63, 3.8) is 0 Å². The van der Waals surface area contributed by atoms with Crippen molar-refractivity contribution in [1.29, 1.82) is 0 Å². The molecule has 0 aliphatic heterocycles. The molecule has 0 aliphatic rings. The second-order valence-corrected chi connectivity index (χ2v) is 7.06. The highest BCUT2D eigenvalue weighted by Crippen LogP contribution is 2.43. The number of hydrogen-bond acceptors (Lipinski definition) is 2. The fraction of sp³-hybridized carbons (Fsp3) is 0.0400. The Hall–Kier alpha value is -3.63. The third-order valence-electron chi connectivity index (χ3n) is 4.94. The molecular formula is C25H21ClN4. The summed E-state index contributed by atoms with van der Waals surface area (Å²) in [6, 6.07) is 28.8. The highest BCUT2D eigenvalue weighted by Gasteiger charge is 2.39. The number of benzene rings is 3. The predicted molar refractivity (Wildman–Crippen MR) is 120 cm³/mol. The molecule has 148 valence electrons. The summed E-state index contributed by atoms with van der Waals surface area (Å²) in [5, 5.41) is 0.726. The topological polar surface area (TPSA) is 46.5 Å². The van der Waals surface area contributed by atoms with E-state index in [2.05, 4.69) is 74.1 Å². The molecule has 0 saturated heterocycles. The summed E-state index contributed by atoms with van der Waals surface area (Å²) in [4.78, 5) is 10.7. The first kappa shape index (κ1) is 19.7. The maximum atomic E-state index is 6.69. The van der Waals surface area contributed by atoms with Gasteiger partial charge in [0, 0.05) is 35.4 Å². The first-order chi connectivity index (χ1) is 14.8. The fourth-order valence-electron chi connectivity index (χ4n) is 3.70. The van der Waals surface area contributed by atoms with Crippen molar-refractivity contribution in [3.8, 4) is 0 Å². The number of aromatic nitrogens is 4. The van der Waals surface area contributed by atoms with Crippen molar-refractivity contribution >= 4 is 11.6 Å². The van der Waals surface area contributed by atoms with Crippen LogP contribution in [-0.2, 0) is 5.54 Å². The van der Waals surface area contributed by atoms with Gasteiger partial charge in [0.25, 0.3) is 0 Å². The molecule has 5 heteroatoms. The number of nitrogens with one attached hydrogen (secondary N) is 1. The summed E-state index contributed by atoms with van der Waals surface area (Å²) >= 11 is 6.69. The van der Waals surface area contributed by atoms with E-state index in [4.69, 9.17) is 11.6 Å². The van der Waals surface area contributed by atoms with E-state index in [0.717, 1.165) is 21.7 Å². The van der Waals surface area contributed by atoms with E-state index in [1.54, 1.807) is 24.9 Å². The summed E-state index contributed by atoms with van der Waals surface area (Å²) in [7, 11) is 0. The van der Waals surface area contributed by atoms with Gasteiger partial charge >= 0.3 is 0 Å². The van der Waals surface area contributed by atoms with Crippen molar-refractivity contribution in [2.45, 2.75) is 5.54 Å². The smallest absolute Gasteiger partial charge is 0.123 e. The molecule has 1 N–H and O–H groups in total. The van der Waals surface area contributed by atoms with Crippen LogP contribution in [0.15, 0.2) is 122 Å². The summed E-state index contributed by atoms with van der Waals surface area (Å²) < 4.78 is 2.12. The zero-order chi connectivity index (χ0) is 20.7. The number of H-pyrrole nitrogens is 1. The van der Waals surface area contributed by atoms with Gasteiger partial charge in [0.1, 0.15) is 5.54 Å². The minimum absolute atomic E-state index is 0.586. The Kier molecular flexibility index (Phi) is 6.06. The highest BCUT2D eigenvalue weighted by molar-refractivity contribution is 6.31. The second kappa shape index (κ2) is 9.25. The van der Waals surface area contributed by atoms with E-state index < -0.39 is 5.54 Å². The zero-order valence-electron chi connectivity index (χ0n) is 16.3. The number of imidazole rings is 2. The molecule has 5 aromatic rings. The number of rotatable bonds is 4. The Labute approximate surface area is 180 Å². The van der Waals surface area contributed by atoms with Gasteiger partial charge in [0.2, 0.25) is 0 Å². The van der Waals surface area contributed by atoms with Crippen molar-refractivity contribution in [3.05, 3.63) is 144 Å². The Bertz CT molecular complexity index is 1080. The molecule has 0 aliphatic carbocycles. The average Bonchev–Trinajstić information content (AvgIpc) is 3.55. The maximum Gasteiger partial charge on any atom is 0.123 e. The molecule has 5 rings (SSSR count). The van der Waals surface area contributed by atoms with E-state index >= 15 is 0 Å². The molecule has 0 spiro atoms. The van der Waals surface area contributed by atoms with Gasteiger partial charge < -0.3 is 9.55 Å². The Morgan fingerprint density at radius 3 is 1.83 bits per heavy atom. The Balaban J connectivity index is 0.000000383. The summed E-state index contributed by atoms with van der Waals surface area (Å²) in [6.45, 7) is 0. The summed E-state index contributed by atoms with van der Waals surface area (Å²) in [5.41, 5.74) is 2.70. The maximum absolute atomic E-state index is 6.69. The quantitative estimate of drug-likeness (QED) is 0.380. The number of nitrogens with zero attached hydrogens (tertiary/aromatic N) is 3. The number of halogens is 1. The van der Waals surface area contributed by atoms with Crippen LogP contribution in [0.3, 0.4) is 0 Å². The fourth-order valence-corrected chi connectivity index (χ4v) is 3.97. The molecule has 30 heavy (non-hydrogen) atoms. The first-order valence-corrected chi connectivity index (χ1v) is 9.98. The van der Waals surface area contributed by atoms with Crippen molar-refractivity contribution < 1.29 is 0 Å². The van der Waals surface area contributed by atoms with Crippen LogP contribution in [0.5, 0.6) is 0 Å². The van der Waals surface area contributed by atoms with Gasteiger partial charge in [-0.05, 0) is 17.2 Å². The molecule has 0 atom stereocenters. The molecule has 0 unspecified atom stereocenters. The summed E-state index contributed by atoms with van der Waals surface area (Å²) in [6.07, 6.45) is 10.7. The zero-order valence-corrected chi connectivity index (χ0v) is 17.0. The van der Waals surface area contributed by atoms with Crippen LogP contribution in [0, 0.1) is 0 Å². The summed E-state index contributed by atoms with van der Waals surface area (Å²) in [5.74, 6) is 0. The van der Waals surface area contributed by atoms with Gasteiger partial charge in [-0.25, -0.2) is 9.97 Å². The van der Waals surface area contributed by atoms with E-state index in [1.807, 2.05) is 42.9 Å². The predicted octanol–water partition coefficient (Wildman–Crippen LogP) is 5.79. The third kappa shape index (κ3) is 3.78. The Morgan fingerprint density at radius 2 is 1.37 bits per heavy atom. The van der Waals surface area contributed by atoms with Gasteiger partial charge in [-0.15, -0.1) is 0 Å². The van der Waals surface area contributed by atoms with E-state index in [0.29, 0.717) is 0 Å². The second-order valence-electron chi connectivity index (χ2n) is 6.65. The molecule has 0 fully saturated rings. The molecule has 0 amide bonds. The molecular weight excluding hydrogens is 392 g/mol. The van der Waals surface area contributed by atoms with E-state index in [9.17, 15) is 0 Å². The monoisotopic (exact) mass is 412 g/mol. The van der Waals surface area contributed by atoms with E-state index in [1.165, 1.54) is 0 Å². The molecule has 4 nitrogen and oxygen atoms in total. The number of hydrogen-bond donors (Lipinski definition) is 1. The van der Waals surface area contributed by atoms with Crippen LogP contribution in [0.2, 0.25) is 5.02 Å².